The van der Waals surface area contributed by atoms with E-state index in [-0.39, 0.29) is 17.2 Å². The molecule has 0 unspecified atom stereocenters. The molecule has 1 amide bonds. The lowest BCUT2D eigenvalue weighted by Gasteiger charge is -2.13. The van der Waals surface area contributed by atoms with Gasteiger partial charge in [-0.1, -0.05) is 71.9 Å². The molecule has 5 rings (SSSR count). The smallest absolute Gasteiger partial charge is 0.263 e. The number of fused-ring (bicyclic) bond motifs is 1. The number of aromatic nitrogens is 2. The molecule has 2 aromatic carbocycles. The summed E-state index contributed by atoms with van der Waals surface area (Å²) in [5.41, 5.74) is 2.47. The van der Waals surface area contributed by atoms with Gasteiger partial charge in [-0.3, -0.25) is 14.2 Å². The second-order valence-electron chi connectivity index (χ2n) is 7.71. The fraction of sp³-hybridized carbons (Fsp3) is 0.208. The standard InChI is InChI=1S/C24H20ClN3O2S2/c25-19-9-5-4-8-17(19)18-13-31-22-21(18)23(30)28(12-15-6-2-1-3-7-15)24(27-22)32-14-20(29)26-16-10-11-16/h1-9,13,16H,10-12,14H2,(H,26,29). The van der Waals surface area contributed by atoms with E-state index in [0.717, 1.165) is 29.5 Å². The molecule has 1 aliphatic carbocycles. The van der Waals surface area contributed by atoms with Gasteiger partial charge in [-0.2, -0.15) is 0 Å². The minimum Gasteiger partial charge on any atom is -0.353 e. The van der Waals surface area contributed by atoms with Gasteiger partial charge in [0.25, 0.3) is 5.56 Å². The molecule has 0 saturated heterocycles. The maximum atomic E-state index is 13.7. The monoisotopic (exact) mass is 481 g/mol. The number of rotatable bonds is 7. The van der Waals surface area contributed by atoms with Gasteiger partial charge in [0.05, 0.1) is 17.7 Å². The number of carbonyl (C=O) groups excluding carboxylic acids is 1. The third-order valence-electron chi connectivity index (χ3n) is 5.28. The minimum absolute atomic E-state index is 0.0268. The van der Waals surface area contributed by atoms with Gasteiger partial charge in [0.1, 0.15) is 4.83 Å². The predicted octanol–water partition coefficient (Wildman–Crippen LogP) is 5.20. The Labute approximate surface area is 198 Å². The molecule has 2 aromatic heterocycles. The predicted molar refractivity (Wildman–Crippen MR) is 132 cm³/mol. The van der Waals surface area contributed by atoms with Crippen LogP contribution < -0.4 is 10.9 Å². The number of carbonyl (C=O) groups is 1. The number of thiophene rings is 1. The first-order chi connectivity index (χ1) is 15.6. The highest BCUT2D eigenvalue weighted by Crippen LogP contribution is 2.36. The maximum absolute atomic E-state index is 13.7. The van der Waals surface area contributed by atoms with Crippen molar-refractivity contribution in [1.29, 1.82) is 0 Å². The van der Waals surface area contributed by atoms with Crippen molar-refractivity contribution < 1.29 is 4.79 Å². The molecule has 162 valence electrons. The van der Waals surface area contributed by atoms with Gasteiger partial charge < -0.3 is 5.32 Å². The molecule has 0 spiro atoms. The summed E-state index contributed by atoms with van der Waals surface area (Å²) in [6, 6.07) is 17.6. The summed E-state index contributed by atoms with van der Waals surface area (Å²) >= 11 is 9.15. The largest absolute Gasteiger partial charge is 0.353 e. The van der Waals surface area contributed by atoms with Crippen LogP contribution in [-0.4, -0.2) is 27.3 Å². The topological polar surface area (TPSA) is 64.0 Å². The Morgan fingerprint density at radius 1 is 1.12 bits per heavy atom. The van der Waals surface area contributed by atoms with Gasteiger partial charge in [-0.05, 0) is 24.5 Å². The minimum atomic E-state index is -0.125. The van der Waals surface area contributed by atoms with Crippen molar-refractivity contribution in [3.05, 3.63) is 80.9 Å². The highest BCUT2D eigenvalue weighted by molar-refractivity contribution is 7.99. The normalized spacial score (nSPS) is 13.4. The van der Waals surface area contributed by atoms with E-state index in [9.17, 15) is 9.59 Å². The van der Waals surface area contributed by atoms with Gasteiger partial charge in [0.2, 0.25) is 5.91 Å². The second kappa shape index (κ2) is 9.10. The SMILES string of the molecule is O=C(CSc1nc2scc(-c3ccccc3Cl)c2c(=O)n1Cc1ccccc1)NC1CC1. The molecular weight excluding hydrogens is 462 g/mol. The van der Waals surface area contributed by atoms with Gasteiger partial charge in [-0.15, -0.1) is 11.3 Å². The quantitative estimate of drug-likeness (QED) is 0.291. The molecule has 0 radical (unpaired) electrons. The summed E-state index contributed by atoms with van der Waals surface area (Å²) in [7, 11) is 0. The Morgan fingerprint density at radius 2 is 1.88 bits per heavy atom. The molecule has 32 heavy (non-hydrogen) atoms. The van der Waals surface area contributed by atoms with Crippen molar-refractivity contribution in [2.75, 3.05) is 5.75 Å². The van der Waals surface area contributed by atoms with Crippen LogP contribution in [-0.2, 0) is 11.3 Å². The van der Waals surface area contributed by atoms with Crippen LogP contribution in [0.3, 0.4) is 0 Å². The molecule has 0 bridgehead atoms. The molecule has 1 N–H and O–H groups in total. The van der Waals surface area contributed by atoms with Crippen LogP contribution in [0.1, 0.15) is 18.4 Å². The van der Waals surface area contributed by atoms with Crippen molar-refractivity contribution in [2.45, 2.75) is 30.6 Å². The van der Waals surface area contributed by atoms with Crippen LogP contribution in [0.5, 0.6) is 0 Å². The molecule has 2 heterocycles. The summed E-state index contributed by atoms with van der Waals surface area (Å²) in [5.74, 6) is 0.201. The summed E-state index contributed by atoms with van der Waals surface area (Å²) in [6.45, 7) is 0.382. The van der Waals surface area contributed by atoms with E-state index in [1.165, 1.54) is 23.1 Å². The zero-order valence-electron chi connectivity index (χ0n) is 17.1. The Bertz CT molecular complexity index is 1350. The first-order valence-electron chi connectivity index (χ1n) is 10.3. The average molecular weight is 482 g/mol. The number of thioether (sulfide) groups is 1. The van der Waals surface area contributed by atoms with Crippen molar-refractivity contribution in [3.8, 4) is 11.1 Å². The Balaban J connectivity index is 1.58. The average Bonchev–Trinajstić information content (AvgIpc) is 3.51. The highest BCUT2D eigenvalue weighted by Gasteiger charge is 2.24. The summed E-state index contributed by atoms with van der Waals surface area (Å²) in [5, 5.41) is 6.62. The van der Waals surface area contributed by atoms with Crippen LogP contribution in [0.15, 0.2) is 69.9 Å². The molecule has 4 aromatic rings. The van der Waals surface area contributed by atoms with Crippen molar-refractivity contribution in [3.63, 3.8) is 0 Å². The van der Waals surface area contributed by atoms with Crippen LogP contribution in [0.2, 0.25) is 5.02 Å². The van der Waals surface area contributed by atoms with Crippen LogP contribution in [0.25, 0.3) is 21.3 Å². The number of nitrogens with zero attached hydrogens (tertiary/aromatic N) is 2. The van der Waals surface area contributed by atoms with Crippen molar-refractivity contribution in [1.82, 2.24) is 14.9 Å². The fourth-order valence-corrected chi connectivity index (χ4v) is 5.55. The number of hydrogen-bond acceptors (Lipinski definition) is 5. The van der Waals surface area contributed by atoms with Crippen LogP contribution >= 0.6 is 34.7 Å². The lowest BCUT2D eigenvalue weighted by molar-refractivity contribution is -0.118. The third kappa shape index (κ3) is 4.46. The van der Waals surface area contributed by atoms with Gasteiger partial charge in [0.15, 0.2) is 5.16 Å². The summed E-state index contributed by atoms with van der Waals surface area (Å²) in [4.78, 5) is 31.4. The van der Waals surface area contributed by atoms with E-state index in [2.05, 4.69) is 5.32 Å². The summed E-state index contributed by atoms with van der Waals surface area (Å²) < 4.78 is 1.67. The van der Waals surface area contributed by atoms with E-state index in [4.69, 9.17) is 16.6 Å². The first-order valence-corrected chi connectivity index (χ1v) is 12.6. The molecule has 8 heteroatoms. The van der Waals surface area contributed by atoms with Gasteiger partial charge >= 0.3 is 0 Å². The highest BCUT2D eigenvalue weighted by atomic mass is 35.5. The number of hydrogen-bond donors (Lipinski definition) is 1. The summed E-state index contributed by atoms with van der Waals surface area (Å²) in [6.07, 6.45) is 2.08. The molecular formula is C24H20ClN3O2S2. The van der Waals surface area contributed by atoms with E-state index in [1.54, 1.807) is 4.57 Å². The molecule has 1 saturated carbocycles. The number of halogens is 1. The number of benzene rings is 2. The third-order valence-corrected chi connectivity index (χ3v) is 7.46. The zero-order valence-corrected chi connectivity index (χ0v) is 19.5. The number of nitrogens with one attached hydrogen (secondary N) is 1. The Morgan fingerprint density at radius 3 is 2.62 bits per heavy atom. The lowest BCUT2D eigenvalue weighted by Crippen LogP contribution is -2.28. The van der Waals surface area contributed by atoms with E-state index in [1.807, 2.05) is 60.0 Å². The molecule has 1 aliphatic rings. The maximum Gasteiger partial charge on any atom is 0.263 e. The number of amides is 1. The second-order valence-corrected chi connectivity index (χ2v) is 9.92. The zero-order chi connectivity index (χ0) is 22.1. The van der Waals surface area contributed by atoms with Gasteiger partial charge in [-0.25, -0.2) is 4.98 Å². The van der Waals surface area contributed by atoms with Gasteiger partial charge in [0, 0.05) is 27.6 Å². The Hall–Kier alpha value is -2.61. The Kier molecular flexibility index (Phi) is 6.04. The lowest BCUT2D eigenvalue weighted by atomic mass is 10.1. The molecule has 1 fully saturated rings. The van der Waals surface area contributed by atoms with E-state index < -0.39 is 0 Å². The van der Waals surface area contributed by atoms with Crippen LogP contribution in [0.4, 0.5) is 0 Å². The van der Waals surface area contributed by atoms with Crippen molar-refractivity contribution >= 4 is 50.8 Å². The molecule has 0 atom stereocenters. The van der Waals surface area contributed by atoms with E-state index >= 15 is 0 Å². The first kappa shape index (κ1) is 21.2. The molecule has 5 nitrogen and oxygen atoms in total. The molecule has 0 aliphatic heterocycles. The van der Waals surface area contributed by atoms with Crippen molar-refractivity contribution in [2.24, 2.45) is 0 Å². The van der Waals surface area contributed by atoms with Crippen LogP contribution in [0, 0.1) is 0 Å². The fourth-order valence-electron chi connectivity index (χ4n) is 3.53. The van der Waals surface area contributed by atoms with E-state index in [0.29, 0.717) is 33.0 Å².